The van der Waals surface area contributed by atoms with Gasteiger partial charge in [0.2, 0.25) is 5.91 Å². The van der Waals surface area contributed by atoms with E-state index in [1.165, 1.54) is 6.07 Å². The van der Waals surface area contributed by atoms with Gasteiger partial charge in [-0.3, -0.25) is 4.79 Å². The molecule has 0 unspecified atom stereocenters. The molecular weight excluding hydrogens is 298 g/mol. The number of aromatic carboxylic acids is 1. The van der Waals surface area contributed by atoms with Gasteiger partial charge in [0.05, 0.1) is 11.3 Å². The molecule has 0 heterocycles. The summed E-state index contributed by atoms with van der Waals surface area (Å²) in [6.45, 7) is 5.55. The lowest BCUT2D eigenvalue weighted by Gasteiger charge is -2.22. The second kappa shape index (κ2) is 5.52. The molecule has 0 saturated carbocycles. The van der Waals surface area contributed by atoms with E-state index in [2.05, 4.69) is 21.2 Å². The van der Waals surface area contributed by atoms with Gasteiger partial charge in [0.25, 0.3) is 0 Å². The fourth-order valence-corrected chi connectivity index (χ4v) is 1.74. The van der Waals surface area contributed by atoms with Crippen molar-refractivity contribution in [3.8, 4) is 0 Å². The number of amides is 1. The van der Waals surface area contributed by atoms with Crippen LogP contribution in [0.1, 0.15) is 37.6 Å². The Balaban J connectivity index is 3.12. The zero-order chi connectivity index (χ0) is 13.9. The first-order valence-electron chi connectivity index (χ1n) is 5.63. The third kappa shape index (κ3) is 3.10. The van der Waals surface area contributed by atoms with Crippen LogP contribution in [0.25, 0.3) is 0 Å². The molecule has 0 aliphatic rings. The van der Waals surface area contributed by atoms with Gasteiger partial charge in [-0.1, -0.05) is 26.8 Å². The summed E-state index contributed by atoms with van der Waals surface area (Å²) in [7, 11) is 0. The van der Waals surface area contributed by atoms with Crippen molar-refractivity contribution in [2.24, 2.45) is 5.41 Å². The van der Waals surface area contributed by atoms with Crippen molar-refractivity contribution in [1.82, 2.24) is 0 Å². The van der Waals surface area contributed by atoms with Crippen molar-refractivity contribution in [2.75, 3.05) is 5.32 Å². The molecule has 0 fully saturated rings. The zero-order valence-corrected chi connectivity index (χ0v) is 12.2. The summed E-state index contributed by atoms with van der Waals surface area (Å²) in [5.41, 5.74) is -0.161. The molecule has 0 bridgehead atoms. The maximum atomic E-state index is 12.1. The van der Waals surface area contributed by atoms with Crippen molar-refractivity contribution in [3.63, 3.8) is 0 Å². The number of rotatable bonds is 4. The molecule has 0 aliphatic carbocycles. The van der Waals surface area contributed by atoms with Gasteiger partial charge < -0.3 is 10.4 Å². The van der Waals surface area contributed by atoms with Crippen LogP contribution in [0.2, 0.25) is 0 Å². The van der Waals surface area contributed by atoms with E-state index >= 15 is 0 Å². The standard InChI is InChI=1S/C13H16BrNO3/c1-4-13(2,3)12(18)15-10-8(11(16)17)6-5-7-9(10)14/h5-7H,4H2,1-3H3,(H,15,18)(H,16,17). The first-order chi connectivity index (χ1) is 8.29. The second-order valence-electron chi connectivity index (χ2n) is 4.66. The molecule has 2 N–H and O–H groups in total. The number of halogens is 1. The van der Waals surface area contributed by atoms with Crippen LogP contribution < -0.4 is 5.32 Å². The van der Waals surface area contributed by atoms with E-state index in [1.807, 2.05) is 20.8 Å². The summed E-state index contributed by atoms with van der Waals surface area (Å²) >= 11 is 3.25. The molecular formula is C13H16BrNO3. The number of para-hydroxylation sites is 1. The second-order valence-corrected chi connectivity index (χ2v) is 5.51. The Morgan fingerprint density at radius 3 is 2.50 bits per heavy atom. The van der Waals surface area contributed by atoms with Crippen molar-refractivity contribution >= 4 is 33.5 Å². The largest absolute Gasteiger partial charge is 0.478 e. The SMILES string of the molecule is CCC(C)(C)C(=O)Nc1c(Br)cccc1C(=O)O. The molecule has 0 aliphatic heterocycles. The van der Waals surface area contributed by atoms with Crippen LogP contribution in [0.4, 0.5) is 5.69 Å². The lowest BCUT2D eigenvalue weighted by atomic mass is 9.89. The Morgan fingerprint density at radius 1 is 1.39 bits per heavy atom. The molecule has 0 radical (unpaired) electrons. The number of carboxylic acids is 1. The number of benzene rings is 1. The fourth-order valence-electron chi connectivity index (χ4n) is 1.27. The average molecular weight is 314 g/mol. The Hall–Kier alpha value is -1.36. The average Bonchev–Trinajstić information content (AvgIpc) is 2.31. The van der Waals surface area contributed by atoms with E-state index in [0.717, 1.165) is 0 Å². The number of hydrogen-bond donors (Lipinski definition) is 2. The van der Waals surface area contributed by atoms with E-state index in [-0.39, 0.29) is 11.5 Å². The maximum absolute atomic E-state index is 12.1. The van der Waals surface area contributed by atoms with Gasteiger partial charge in [-0.2, -0.15) is 0 Å². The Morgan fingerprint density at radius 2 is 2.00 bits per heavy atom. The molecule has 0 aromatic heterocycles. The molecule has 98 valence electrons. The van der Waals surface area contributed by atoms with Crippen LogP contribution in [0.3, 0.4) is 0 Å². The van der Waals surface area contributed by atoms with E-state index in [9.17, 15) is 9.59 Å². The van der Waals surface area contributed by atoms with Crippen LogP contribution in [-0.4, -0.2) is 17.0 Å². The predicted molar refractivity (Wildman–Crippen MR) is 73.8 cm³/mol. The van der Waals surface area contributed by atoms with E-state index < -0.39 is 11.4 Å². The lowest BCUT2D eigenvalue weighted by molar-refractivity contribution is -0.124. The van der Waals surface area contributed by atoms with E-state index in [1.54, 1.807) is 12.1 Å². The van der Waals surface area contributed by atoms with Gasteiger partial charge in [0.15, 0.2) is 0 Å². The summed E-state index contributed by atoms with van der Waals surface area (Å²) in [6.07, 6.45) is 0.672. The van der Waals surface area contributed by atoms with Crippen LogP contribution in [0.5, 0.6) is 0 Å². The Kier molecular flexibility index (Phi) is 4.51. The van der Waals surface area contributed by atoms with Crippen LogP contribution in [0, 0.1) is 5.41 Å². The van der Waals surface area contributed by atoms with Crippen LogP contribution in [-0.2, 0) is 4.79 Å². The molecule has 0 saturated heterocycles. The van der Waals surface area contributed by atoms with E-state index in [0.29, 0.717) is 16.6 Å². The molecule has 4 nitrogen and oxygen atoms in total. The van der Waals surface area contributed by atoms with Gasteiger partial charge in [0, 0.05) is 9.89 Å². The molecule has 0 atom stereocenters. The van der Waals surface area contributed by atoms with Gasteiger partial charge >= 0.3 is 5.97 Å². The van der Waals surface area contributed by atoms with Crippen molar-refractivity contribution in [3.05, 3.63) is 28.2 Å². The molecule has 1 rings (SSSR count). The topological polar surface area (TPSA) is 66.4 Å². The smallest absolute Gasteiger partial charge is 0.337 e. The number of carboxylic acid groups (broad SMARTS) is 1. The predicted octanol–water partition coefficient (Wildman–Crippen LogP) is 3.52. The number of carbonyl (C=O) groups is 2. The summed E-state index contributed by atoms with van der Waals surface area (Å²) in [5.74, 6) is -1.26. The van der Waals surface area contributed by atoms with E-state index in [4.69, 9.17) is 5.11 Å². The van der Waals surface area contributed by atoms with Gasteiger partial charge in [-0.15, -0.1) is 0 Å². The molecule has 0 spiro atoms. The number of anilines is 1. The molecule has 1 amide bonds. The maximum Gasteiger partial charge on any atom is 0.337 e. The number of hydrogen-bond acceptors (Lipinski definition) is 2. The normalized spacial score (nSPS) is 11.1. The van der Waals surface area contributed by atoms with Gasteiger partial charge in [0.1, 0.15) is 0 Å². The summed E-state index contributed by atoms with van der Waals surface area (Å²) in [5, 5.41) is 11.8. The summed E-state index contributed by atoms with van der Waals surface area (Å²) in [4.78, 5) is 23.2. The highest BCUT2D eigenvalue weighted by Crippen LogP contribution is 2.29. The summed E-state index contributed by atoms with van der Waals surface area (Å²) < 4.78 is 0.558. The minimum atomic E-state index is -1.07. The summed E-state index contributed by atoms with van der Waals surface area (Å²) in [6, 6.07) is 4.77. The molecule has 18 heavy (non-hydrogen) atoms. The quantitative estimate of drug-likeness (QED) is 0.893. The minimum absolute atomic E-state index is 0.0737. The fraction of sp³-hybridized carbons (Fsp3) is 0.385. The van der Waals surface area contributed by atoms with Gasteiger partial charge in [-0.25, -0.2) is 4.79 Å². The molecule has 1 aromatic carbocycles. The molecule has 5 heteroatoms. The zero-order valence-electron chi connectivity index (χ0n) is 10.6. The third-order valence-electron chi connectivity index (χ3n) is 2.98. The van der Waals surface area contributed by atoms with Crippen molar-refractivity contribution in [1.29, 1.82) is 0 Å². The molecule has 1 aromatic rings. The number of nitrogens with one attached hydrogen (secondary N) is 1. The highest BCUT2D eigenvalue weighted by atomic mass is 79.9. The highest BCUT2D eigenvalue weighted by Gasteiger charge is 2.27. The first kappa shape index (κ1) is 14.7. The van der Waals surface area contributed by atoms with Crippen molar-refractivity contribution < 1.29 is 14.7 Å². The highest BCUT2D eigenvalue weighted by molar-refractivity contribution is 9.10. The minimum Gasteiger partial charge on any atom is -0.478 e. The Labute approximate surface area is 115 Å². The Bertz CT molecular complexity index is 483. The monoisotopic (exact) mass is 313 g/mol. The first-order valence-corrected chi connectivity index (χ1v) is 6.42. The van der Waals surface area contributed by atoms with Crippen molar-refractivity contribution in [2.45, 2.75) is 27.2 Å². The van der Waals surface area contributed by atoms with Crippen LogP contribution in [0.15, 0.2) is 22.7 Å². The van der Waals surface area contributed by atoms with Crippen LogP contribution >= 0.6 is 15.9 Å². The number of carbonyl (C=O) groups excluding carboxylic acids is 1. The third-order valence-corrected chi connectivity index (χ3v) is 3.64. The lowest BCUT2D eigenvalue weighted by Crippen LogP contribution is -2.30. The van der Waals surface area contributed by atoms with Gasteiger partial charge in [-0.05, 0) is 34.5 Å².